The summed E-state index contributed by atoms with van der Waals surface area (Å²) in [7, 11) is 3.34. The van der Waals surface area contributed by atoms with E-state index in [0.717, 1.165) is 11.8 Å². The number of aromatic nitrogens is 1. The molecule has 1 aromatic carbocycles. The average Bonchev–Trinajstić information content (AvgIpc) is 2.53. The van der Waals surface area contributed by atoms with E-state index < -0.39 is 0 Å². The molecule has 0 unspecified atom stereocenters. The maximum Gasteiger partial charge on any atom is 0.253 e. The molecule has 1 aromatic heterocycles. The number of nitrogens with one attached hydrogen (secondary N) is 1. The van der Waals surface area contributed by atoms with Gasteiger partial charge in [0.2, 0.25) is 5.91 Å². The zero-order valence-electron chi connectivity index (χ0n) is 12.9. The molecule has 0 radical (unpaired) electrons. The summed E-state index contributed by atoms with van der Waals surface area (Å²) in [4.78, 5) is 25.3. The molecule has 6 nitrogen and oxygen atoms in total. The summed E-state index contributed by atoms with van der Waals surface area (Å²) in [5.41, 5.74) is 1.05. The Labute approximate surface area is 138 Å². The van der Waals surface area contributed by atoms with E-state index in [-0.39, 0.29) is 17.6 Å². The van der Waals surface area contributed by atoms with E-state index >= 15 is 0 Å². The van der Waals surface area contributed by atoms with Crippen LogP contribution in [0.25, 0.3) is 0 Å². The normalized spacial score (nSPS) is 10.2. The fourth-order valence-electron chi connectivity index (χ4n) is 1.85. The summed E-state index contributed by atoms with van der Waals surface area (Å²) in [5.74, 6) is -0.265. The number of benzene rings is 1. The van der Waals surface area contributed by atoms with Crippen LogP contribution >= 0.6 is 11.8 Å². The molecule has 0 bridgehead atoms. The lowest BCUT2D eigenvalue weighted by Crippen LogP contribution is -2.28. The third-order valence-corrected chi connectivity index (χ3v) is 3.96. The Morgan fingerprint density at radius 3 is 2.70 bits per heavy atom. The first kappa shape index (κ1) is 16.8. The average molecular weight is 331 g/mol. The number of hydrogen-bond donors (Lipinski definition) is 1. The third kappa shape index (κ3) is 4.72. The number of anilines is 1. The number of carbonyl (C=O) groups is 2. The fourth-order valence-corrected chi connectivity index (χ4v) is 2.56. The fraction of sp³-hybridized carbons (Fsp3) is 0.188. The summed E-state index contributed by atoms with van der Waals surface area (Å²) in [6, 6.07) is 11.8. The number of rotatable bonds is 5. The van der Waals surface area contributed by atoms with E-state index in [2.05, 4.69) is 5.32 Å². The van der Waals surface area contributed by atoms with Gasteiger partial charge in [0, 0.05) is 37.5 Å². The first-order chi connectivity index (χ1) is 11.0. The molecule has 1 N–H and O–H groups in total. The second-order valence-corrected chi connectivity index (χ2v) is 5.98. The summed E-state index contributed by atoms with van der Waals surface area (Å²) >= 11 is 1.15. The van der Waals surface area contributed by atoms with Gasteiger partial charge in [-0.3, -0.25) is 9.59 Å². The predicted molar refractivity (Wildman–Crippen MR) is 89.2 cm³/mol. The monoisotopic (exact) mass is 331 g/mol. The van der Waals surface area contributed by atoms with Crippen molar-refractivity contribution in [2.75, 3.05) is 25.2 Å². The molecular weight excluding hydrogens is 314 g/mol. The Balaban J connectivity index is 1.97. The zero-order chi connectivity index (χ0) is 16.8. The van der Waals surface area contributed by atoms with Gasteiger partial charge in [-0.15, -0.1) is 0 Å². The van der Waals surface area contributed by atoms with E-state index in [9.17, 15) is 14.8 Å². The first-order valence-electron chi connectivity index (χ1n) is 6.90. The second-order valence-electron chi connectivity index (χ2n) is 4.98. The van der Waals surface area contributed by atoms with Gasteiger partial charge in [0.1, 0.15) is 0 Å². The summed E-state index contributed by atoms with van der Waals surface area (Å²) in [5, 5.41) is 14.7. The minimum Gasteiger partial charge on any atom is -0.618 e. The van der Waals surface area contributed by atoms with Crippen molar-refractivity contribution in [3.8, 4) is 0 Å². The molecule has 0 saturated carbocycles. The molecule has 0 aliphatic heterocycles. The largest absolute Gasteiger partial charge is 0.618 e. The molecule has 0 aliphatic carbocycles. The van der Waals surface area contributed by atoms with E-state index in [1.165, 1.54) is 11.1 Å². The van der Waals surface area contributed by atoms with Crippen LogP contribution < -0.4 is 10.0 Å². The number of pyridine rings is 1. The zero-order valence-corrected chi connectivity index (χ0v) is 13.7. The molecule has 7 heteroatoms. The molecule has 2 rings (SSSR count). The lowest BCUT2D eigenvalue weighted by Gasteiger charge is -2.11. The maximum atomic E-state index is 12.0. The van der Waals surface area contributed by atoms with Crippen molar-refractivity contribution >= 4 is 29.3 Å². The summed E-state index contributed by atoms with van der Waals surface area (Å²) in [6.45, 7) is 0. The van der Waals surface area contributed by atoms with Gasteiger partial charge in [0.25, 0.3) is 10.9 Å². The molecule has 2 aromatic rings. The SMILES string of the molecule is CN(C)C(=O)c1cccc(NC(=O)CSc2cccc[n+]2[O-])c1. The van der Waals surface area contributed by atoms with E-state index in [4.69, 9.17) is 0 Å². The number of amides is 2. The summed E-state index contributed by atoms with van der Waals surface area (Å²) in [6.07, 6.45) is 1.39. The van der Waals surface area contributed by atoms with Gasteiger partial charge in [0.15, 0.2) is 6.20 Å². The molecule has 0 aliphatic rings. The highest BCUT2D eigenvalue weighted by molar-refractivity contribution is 7.99. The van der Waals surface area contributed by atoms with Gasteiger partial charge in [-0.2, -0.15) is 4.73 Å². The van der Waals surface area contributed by atoms with Crippen molar-refractivity contribution in [2.24, 2.45) is 0 Å². The second kappa shape index (κ2) is 7.64. The van der Waals surface area contributed by atoms with Gasteiger partial charge >= 0.3 is 0 Å². The van der Waals surface area contributed by atoms with Crippen molar-refractivity contribution < 1.29 is 14.3 Å². The smallest absolute Gasteiger partial charge is 0.253 e. The number of carbonyl (C=O) groups excluding carboxylic acids is 2. The first-order valence-corrected chi connectivity index (χ1v) is 7.88. The Morgan fingerprint density at radius 1 is 1.22 bits per heavy atom. The van der Waals surface area contributed by atoms with Gasteiger partial charge < -0.3 is 15.4 Å². The number of hydrogen-bond acceptors (Lipinski definition) is 4. The Hall–Kier alpha value is -2.54. The van der Waals surface area contributed by atoms with Gasteiger partial charge in [-0.25, -0.2) is 0 Å². The molecule has 23 heavy (non-hydrogen) atoms. The Kier molecular flexibility index (Phi) is 5.59. The van der Waals surface area contributed by atoms with Crippen LogP contribution in [0, 0.1) is 5.21 Å². The molecule has 0 saturated heterocycles. The van der Waals surface area contributed by atoms with E-state index in [0.29, 0.717) is 21.0 Å². The lowest BCUT2D eigenvalue weighted by atomic mass is 10.2. The minimum absolute atomic E-state index is 0.109. The van der Waals surface area contributed by atoms with Crippen LogP contribution in [0.15, 0.2) is 53.7 Å². The van der Waals surface area contributed by atoms with Crippen LogP contribution in [0.1, 0.15) is 10.4 Å². The Bertz CT molecular complexity index is 719. The van der Waals surface area contributed by atoms with Crippen LogP contribution in [-0.2, 0) is 4.79 Å². The third-order valence-electron chi connectivity index (χ3n) is 2.94. The lowest BCUT2D eigenvalue weighted by molar-refractivity contribution is -0.645. The quantitative estimate of drug-likeness (QED) is 0.514. The highest BCUT2D eigenvalue weighted by Gasteiger charge is 2.11. The van der Waals surface area contributed by atoms with Crippen LogP contribution in [0.4, 0.5) is 5.69 Å². The number of nitrogens with zero attached hydrogens (tertiary/aromatic N) is 2. The van der Waals surface area contributed by atoms with Crippen LogP contribution in [0.2, 0.25) is 0 Å². The van der Waals surface area contributed by atoms with Crippen molar-refractivity contribution in [2.45, 2.75) is 5.03 Å². The van der Waals surface area contributed by atoms with E-state index in [1.54, 1.807) is 56.6 Å². The van der Waals surface area contributed by atoms with Crippen molar-refractivity contribution in [1.29, 1.82) is 0 Å². The molecule has 0 fully saturated rings. The van der Waals surface area contributed by atoms with E-state index in [1.807, 2.05) is 0 Å². The van der Waals surface area contributed by atoms with Crippen molar-refractivity contribution in [3.05, 3.63) is 59.4 Å². The van der Waals surface area contributed by atoms with Gasteiger partial charge in [-0.1, -0.05) is 6.07 Å². The van der Waals surface area contributed by atoms with Crippen molar-refractivity contribution in [1.82, 2.24) is 4.90 Å². The highest BCUT2D eigenvalue weighted by Crippen LogP contribution is 2.15. The highest BCUT2D eigenvalue weighted by atomic mass is 32.2. The summed E-state index contributed by atoms with van der Waals surface area (Å²) < 4.78 is 0.717. The van der Waals surface area contributed by atoms with Gasteiger partial charge in [-0.05, 0) is 36.0 Å². The molecule has 0 atom stereocenters. The molecule has 0 spiro atoms. The number of thioether (sulfide) groups is 1. The predicted octanol–water partition coefficient (Wildman–Crippen LogP) is 1.75. The minimum atomic E-state index is -0.242. The van der Waals surface area contributed by atoms with Crippen LogP contribution in [0.3, 0.4) is 0 Å². The van der Waals surface area contributed by atoms with Crippen molar-refractivity contribution in [3.63, 3.8) is 0 Å². The molecule has 1 heterocycles. The van der Waals surface area contributed by atoms with Crippen LogP contribution in [-0.4, -0.2) is 36.6 Å². The maximum absolute atomic E-state index is 12.0. The Morgan fingerprint density at radius 2 is 2.00 bits per heavy atom. The molecular formula is C16H17N3O3S. The van der Waals surface area contributed by atoms with Crippen LogP contribution in [0.5, 0.6) is 0 Å². The molecule has 120 valence electrons. The standard InChI is InChI=1S/C16H17N3O3S/c1-18(2)16(21)12-6-5-7-13(10-12)17-14(20)11-23-15-8-3-4-9-19(15)22/h3-10H,11H2,1-2H3,(H,17,20). The topological polar surface area (TPSA) is 76.4 Å². The molecule has 2 amide bonds. The van der Waals surface area contributed by atoms with Gasteiger partial charge in [0.05, 0.1) is 5.75 Å².